The summed E-state index contributed by atoms with van der Waals surface area (Å²) in [6.07, 6.45) is 0.771. The molecule has 2 nitrogen and oxygen atoms in total. The molecule has 0 atom stereocenters. The first-order chi connectivity index (χ1) is 7.69. The van der Waals surface area contributed by atoms with Crippen molar-refractivity contribution in [3.05, 3.63) is 46.6 Å². The van der Waals surface area contributed by atoms with Gasteiger partial charge in [-0.05, 0) is 42.8 Å². The zero-order chi connectivity index (χ0) is 11.5. The van der Waals surface area contributed by atoms with E-state index in [-0.39, 0.29) is 5.82 Å². The van der Waals surface area contributed by atoms with Crippen LogP contribution >= 0.6 is 11.3 Å². The molecule has 4 heteroatoms. The van der Waals surface area contributed by atoms with E-state index in [2.05, 4.69) is 0 Å². The van der Waals surface area contributed by atoms with Crippen molar-refractivity contribution in [3.63, 3.8) is 0 Å². The van der Waals surface area contributed by atoms with E-state index in [0.29, 0.717) is 21.3 Å². The number of hydrogen-bond donors (Lipinski definition) is 0. The number of carbonyl (C=O) groups excluding carboxylic acids is 1. The summed E-state index contributed by atoms with van der Waals surface area (Å²) in [5.74, 6) is 0.310. The summed E-state index contributed by atoms with van der Waals surface area (Å²) in [4.78, 5) is 11.1. The van der Waals surface area contributed by atoms with Crippen molar-refractivity contribution in [1.29, 1.82) is 0 Å². The van der Waals surface area contributed by atoms with Crippen LogP contribution in [0.4, 0.5) is 4.39 Å². The molecule has 1 heterocycles. The lowest BCUT2D eigenvalue weighted by molar-refractivity contribution is 0.112. The lowest BCUT2D eigenvalue weighted by Gasteiger charge is -2.03. The van der Waals surface area contributed by atoms with Gasteiger partial charge in [0.2, 0.25) is 0 Å². The number of aryl methyl sites for hydroxylation is 1. The largest absolute Gasteiger partial charge is 0.447 e. The predicted molar refractivity (Wildman–Crippen MR) is 60.9 cm³/mol. The standard InChI is InChI=1S/C12H9FO2S/c1-8-6-9(2-4-11(8)13)15-12-5-3-10(7-14)16-12/h2-7H,1H3. The minimum Gasteiger partial charge on any atom is -0.447 e. The van der Waals surface area contributed by atoms with E-state index in [1.54, 1.807) is 31.2 Å². The van der Waals surface area contributed by atoms with Gasteiger partial charge in [0.15, 0.2) is 11.3 Å². The van der Waals surface area contributed by atoms with Gasteiger partial charge in [-0.3, -0.25) is 4.79 Å². The van der Waals surface area contributed by atoms with Gasteiger partial charge in [0.25, 0.3) is 0 Å². The highest BCUT2D eigenvalue weighted by atomic mass is 32.1. The van der Waals surface area contributed by atoms with E-state index in [1.165, 1.54) is 17.4 Å². The molecule has 0 unspecified atom stereocenters. The van der Waals surface area contributed by atoms with E-state index in [9.17, 15) is 9.18 Å². The molecule has 0 saturated heterocycles. The highest BCUT2D eigenvalue weighted by Crippen LogP contribution is 2.29. The maximum Gasteiger partial charge on any atom is 0.181 e. The number of carbonyl (C=O) groups is 1. The van der Waals surface area contributed by atoms with Crippen molar-refractivity contribution in [1.82, 2.24) is 0 Å². The average molecular weight is 236 g/mol. The maximum absolute atomic E-state index is 13.0. The lowest BCUT2D eigenvalue weighted by atomic mass is 10.2. The molecular weight excluding hydrogens is 227 g/mol. The van der Waals surface area contributed by atoms with Crippen LogP contribution < -0.4 is 4.74 Å². The van der Waals surface area contributed by atoms with Crippen LogP contribution in [0.5, 0.6) is 10.8 Å². The fourth-order valence-electron chi connectivity index (χ4n) is 1.25. The SMILES string of the molecule is Cc1cc(Oc2ccc(C=O)s2)ccc1F. The van der Waals surface area contributed by atoms with Crippen LogP contribution in [-0.4, -0.2) is 6.29 Å². The maximum atomic E-state index is 13.0. The molecule has 0 aliphatic carbocycles. The molecule has 0 radical (unpaired) electrons. The Morgan fingerprint density at radius 1 is 1.31 bits per heavy atom. The molecule has 0 amide bonds. The number of hydrogen-bond acceptors (Lipinski definition) is 3. The van der Waals surface area contributed by atoms with Gasteiger partial charge in [0.05, 0.1) is 4.88 Å². The van der Waals surface area contributed by atoms with Gasteiger partial charge in [-0.1, -0.05) is 11.3 Å². The number of aldehydes is 1. The minimum absolute atomic E-state index is 0.257. The molecule has 1 aromatic carbocycles. The van der Waals surface area contributed by atoms with Gasteiger partial charge in [-0.25, -0.2) is 4.39 Å². The van der Waals surface area contributed by atoms with Crippen LogP contribution in [-0.2, 0) is 0 Å². The number of halogens is 1. The Morgan fingerprint density at radius 2 is 2.12 bits per heavy atom. The quantitative estimate of drug-likeness (QED) is 0.758. The first-order valence-corrected chi connectivity index (χ1v) is 5.50. The normalized spacial score (nSPS) is 10.1. The molecule has 2 aromatic rings. The Balaban J connectivity index is 2.20. The molecule has 0 aliphatic heterocycles. The Labute approximate surface area is 96.3 Å². The Morgan fingerprint density at radius 3 is 2.75 bits per heavy atom. The summed E-state index contributed by atoms with van der Waals surface area (Å²) in [6.45, 7) is 1.67. The molecule has 0 bridgehead atoms. The number of benzene rings is 1. The van der Waals surface area contributed by atoms with Crippen molar-refractivity contribution in [2.24, 2.45) is 0 Å². The highest BCUT2D eigenvalue weighted by Gasteiger charge is 2.03. The van der Waals surface area contributed by atoms with E-state index in [0.717, 1.165) is 6.29 Å². The molecule has 82 valence electrons. The fourth-order valence-corrected chi connectivity index (χ4v) is 1.94. The van der Waals surface area contributed by atoms with E-state index in [4.69, 9.17) is 4.74 Å². The fraction of sp³-hybridized carbons (Fsp3) is 0.0833. The molecular formula is C12H9FO2S. The van der Waals surface area contributed by atoms with Crippen molar-refractivity contribution < 1.29 is 13.9 Å². The molecule has 0 N–H and O–H groups in total. The van der Waals surface area contributed by atoms with Gasteiger partial charge in [0, 0.05) is 0 Å². The second kappa shape index (κ2) is 4.45. The van der Waals surface area contributed by atoms with Crippen LogP contribution in [0, 0.1) is 12.7 Å². The van der Waals surface area contributed by atoms with Crippen LogP contribution in [0.1, 0.15) is 15.2 Å². The van der Waals surface area contributed by atoms with Crippen LogP contribution in [0.3, 0.4) is 0 Å². The predicted octanol–water partition coefficient (Wildman–Crippen LogP) is 3.80. The second-order valence-electron chi connectivity index (χ2n) is 3.29. The first-order valence-electron chi connectivity index (χ1n) is 4.68. The lowest BCUT2D eigenvalue weighted by Crippen LogP contribution is -1.85. The van der Waals surface area contributed by atoms with Crippen molar-refractivity contribution >= 4 is 17.6 Å². The molecule has 0 fully saturated rings. The van der Waals surface area contributed by atoms with Crippen molar-refractivity contribution in [2.75, 3.05) is 0 Å². The van der Waals surface area contributed by atoms with Crippen molar-refractivity contribution in [2.45, 2.75) is 6.92 Å². The van der Waals surface area contributed by atoms with Gasteiger partial charge < -0.3 is 4.74 Å². The summed E-state index contributed by atoms with van der Waals surface area (Å²) >= 11 is 1.25. The van der Waals surface area contributed by atoms with Crippen LogP contribution in [0.15, 0.2) is 30.3 Å². The third-order valence-electron chi connectivity index (χ3n) is 2.07. The molecule has 0 spiro atoms. The third-order valence-corrected chi connectivity index (χ3v) is 2.95. The summed E-state index contributed by atoms with van der Waals surface area (Å²) in [7, 11) is 0. The average Bonchev–Trinajstić information content (AvgIpc) is 2.71. The summed E-state index contributed by atoms with van der Waals surface area (Å²) in [5.41, 5.74) is 0.532. The topological polar surface area (TPSA) is 26.3 Å². The van der Waals surface area contributed by atoms with Crippen LogP contribution in [0.25, 0.3) is 0 Å². The zero-order valence-electron chi connectivity index (χ0n) is 8.57. The van der Waals surface area contributed by atoms with Crippen LogP contribution in [0.2, 0.25) is 0 Å². The van der Waals surface area contributed by atoms with Gasteiger partial charge in [-0.15, -0.1) is 0 Å². The highest BCUT2D eigenvalue weighted by molar-refractivity contribution is 7.15. The summed E-state index contributed by atoms with van der Waals surface area (Å²) < 4.78 is 18.5. The monoisotopic (exact) mass is 236 g/mol. The molecule has 16 heavy (non-hydrogen) atoms. The number of rotatable bonds is 3. The smallest absolute Gasteiger partial charge is 0.181 e. The Hall–Kier alpha value is -1.68. The van der Waals surface area contributed by atoms with E-state index >= 15 is 0 Å². The summed E-state index contributed by atoms with van der Waals surface area (Å²) in [6, 6.07) is 7.94. The Kier molecular flexibility index (Phi) is 3.01. The number of ether oxygens (including phenoxy) is 1. The minimum atomic E-state index is -0.257. The number of thiophene rings is 1. The molecule has 0 saturated carbocycles. The van der Waals surface area contributed by atoms with Gasteiger partial charge >= 0.3 is 0 Å². The molecule has 0 aliphatic rings. The molecule has 1 aromatic heterocycles. The second-order valence-corrected chi connectivity index (χ2v) is 4.37. The van der Waals surface area contributed by atoms with Crippen molar-refractivity contribution in [3.8, 4) is 10.8 Å². The molecule has 2 rings (SSSR count). The summed E-state index contributed by atoms with van der Waals surface area (Å²) in [5, 5.41) is 0.619. The van der Waals surface area contributed by atoms with E-state index in [1.807, 2.05) is 0 Å². The van der Waals surface area contributed by atoms with Gasteiger partial charge in [0.1, 0.15) is 11.6 Å². The third kappa shape index (κ3) is 2.28. The van der Waals surface area contributed by atoms with Gasteiger partial charge in [-0.2, -0.15) is 0 Å². The zero-order valence-corrected chi connectivity index (χ0v) is 9.38. The van der Waals surface area contributed by atoms with E-state index < -0.39 is 0 Å². The first kappa shape index (κ1) is 10.8. The Bertz CT molecular complexity index is 519.